The minimum Gasteiger partial charge on any atom is -0.338 e. The number of likely N-dealkylation sites (tertiary alicyclic amines) is 1. The third-order valence-corrected chi connectivity index (χ3v) is 3.54. The Labute approximate surface area is 103 Å². The summed E-state index contributed by atoms with van der Waals surface area (Å²) in [5, 5.41) is 4.01. The van der Waals surface area contributed by atoms with Crippen molar-refractivity contribution in [2.24, 2.45) is 0 Å². The zero-order chi connectivity index (χ0) is 12.1. The Hall–Kier alpha value is -0.900. The highest BCUT2D eigenvalue weighted by atomic mass is 16.5. The fourth-order valence-electron chi connectivity index (χ4n) is 2.58. The smallest absolute Gasteiger partial charge is 0.240 e. The van der Waals surface area contributed by atoms with E-state index < -0.39 is 0 Å². The first kappa shape index (κ1) is 12.6. The molecule has 96 valence electrons. The third kappa shape index (κ3) is 3.28. The van der Waals surface area contributed by atoms with Crippen molar-refractivity contribution in [1.29, 1.82) is 0 Å². The molecule has 0 spiro atoms. The summed E-state index contributed by atoms with van der Waals surface area (Å²) in [5.74, 6) is 1.64. The molecule has 1 atom stereocenters. The predicted octanol–water partition coefficient (Wildman–Crippen LogP) is 2.79. The Balaban J connectivity index is 1.93. The summed E-state index contributed by atoms with van der Waals surface area (Å²) in [5.41, 5.74) is 0. The van der Waals surface area contributed by atoms with Gasteiger partial charge in [-0.05, 0) is 32.2 Å². The fraction of sp³-hybridized carbons (Fsp3) is 0.846. The molecule has 4 heteroatoms. The molecular weight excluding hydrogens is 214 g/mol. The SMILES string of the molecule is CCCc1noc(CN2CCCCC2CC)n1. The highest BCUT2D eigenvalue weighted by Gasteiger charge is 2.22. The van der Waals surface area contributed by atoms with Crippen LogP contribution in [-0.4, -0.2) is 27.6 Å². The monoisotopic (exact) mass is 237 g/mol. The molecule has 2 heterocycles. The quantitative estimate of drug-likeness (QED) is 0.789. The number of piperidine rings is 1. The maximum atomic E-state index is 5.31. The molecular formula is C13H23N3O. The van der Waals surface area contributed by atoms with Crippen LogP contribution in [0.3, 0.4) is 0 Å². The van der Waals surface area contributed by atoms with Crippen molar-refractivity contribution < 1.29 is 4.52 Å². The van der Waals surface area contributed by atoms with Crippen LogP contribution in [0.1, 0.15) is 57.7 Å². The number of nitrogens with zero attached hydrogens (tertiary/aromatic N) is 3. The maximum Gasteiger partial charge on any atom is 0.240 e. The van der Waals surface area contributed by atoms with E-state index in [9.17, 15) is 0 Å². The molecule has 0 aromatic carbocycles. The van der Waals surface area contributed by atoms with Crippen LogP contribution in [0.25, 0.3) is 0 Å². The van der Waals surface area contributed by atoms with Gasteiger partial charge in [0.2, 0.25) is 5.89 Å². The second-order valence-electron chi connectivity index (χ2n) is 4.88. The van der Waals surface area contributed by atoms with Crippen molar-refractivity contribution >= 4 is 0 Å². The Kier molecular flexibility index (Phi) is 4.54. The lowest BCUT2D eigenvalue weighted by molar-refractivity contribution is 0.120. The molecule has 1 aromatic heterocycles. The second-order valence-corrected chi connectivity index (χ2v) is 4.88. The van der Waals surface area contributed by atoms with Crippen molar-refractivity contribution in [3.63, 3.8) is 0 Å². The minimum absolute atomic E-state index is 0.699. The van der Waals surface area contributed by atoms with Gasteiger partial charge in [0.05, 0.1) is 6.54 Å². The largest absolute Gasteiger partial charge is 0.338 e. The molecule has 1 fully saturated rings. The fourth-order valence-corrected chi connectivity index (χ4v) is 2.58. The number of aryl methyl sites for hydroxylation is 1. The molecule has 1 aromatic rings. The van der Waals surface area contributed by atoms with Gasteiger partial charge in [-0.1, -0.05) is 25.4 Å². The van der Waals surface area contributed by atoms with Crippen LogP contribution in [0, 0.1) is 0 Å². The topological polar surface area (TPSA) is 42.2 Å². The van der Waals surface area contributed by atoms with Crippen LogP contribution in [0.4, 0.5) is 0 Å². The Bertz CT molecular complexity index is 337. The first-order chi connectivity index (χ1) is 8.33. The number of aromatic nitrogens is 2. The van der Waals surface area contributed by atoms with E-state index in [1.165, 1.54) is 32.2 Å². The van der Waals surface area contributed by atoms with E-state index in [0.29, 0.717) is 6.04 Å². The Morgan fingerprint density at radius 2 is 2.24 bits per heavy atom. The molecule has 1 aliphatic heterocycles. The van der Waals surface area contributed by atoms with Crippen LogP contribution in [0.5, 0.6) is 0 Å². The van der Waals surface area contributed by atoms with E-state index in [1.807, 2.05) is 0 Å². The number of hydrogen-bond donors (Lipinski definition) is 0. The molecule has 1 aliphatic rings. The molecule has 0 amide bonds. The van der Waals surface area contributed by atoms with Crippen LogP contribution in [-0.2, 0) is 13.0 Å². The molecule has 0 radical (unpaired) electrons. The molecule has 4 nitrogen and oxygen atoms in total. The highest BCUT2D eigenvalue weighted by Crippen LogP contribution is 2.21. The zero-order valence-corrected chi connectivity index (χ0v) is 11.0. The van der Waals surface area contributed by atoms with Gasteiger partial charge in [-0.25, -0.2) is 0 Å². The summed E-state index contributed by atoms with van der Waals surface area (Å²) in [6.45, 7) is 6.40. The summed E-state index contributed by atoms with van der Waals surface area (Å²) in [4.78, 5) is 6.94. The highest BCUT2D eigenvalue weighted by molar-refractivity contribution is 4.88. The normalized spacial score (nSPS) is 21.9. The molecule has 0 bridgehead atoms. The molecule has 0 saturated carbocycles. The van der Waals surface area contributed by atoms with Crippen LogP contribution in [0.2, 0.25) is 0 Å². The van der Waals surface area contributed by atoms with Crippen molar-refractivity contribution in [2.75, 3.05) is 6.54 Å². The lowest BCUT2D eigenvalue weighted by atomic mass is 10.0. The first-order valence-electron chi connectivity index (χ1n) is 6.89. The molecule has 1 unspecified atom stereocenters. The van der Waals surface area contributed by atoms with E-state index in [2.05, 4.69) is 28.9 Å². The lowest BCUT2D eigenvalue weighted by Gasteiger charge is -2.33. The number of hydrogen-bond acceptors (Lipinski definition) is 4. The maximum absolute atomic E-state index is 5.31. The standard InChI is InChI=1S/C13H23N3O/c1-3-7-12-14-13(17-15-12)10-16-9-6-5-8-11(16)4-2/h11H,3-10H2,1-2H3. The van der Waals surface area contributed by atoms with Crippen molar-refractivity contribution in [2.45, 2.75) is 65.0 Å². The summed E-state index contributed by atoms with van der Waals surface area (Å²) in [7, 11) is 0. The van der Waals surface area contributed by atoms with E-state index in [1.54, 1.807) is 0 Å². The average molecular weight is 237 g/mol. The van der Waals surface area contributed by atoms with Crippen molar-refractivity contribution in [3.05, 3.63) is 11.7 Å². The molecule has 0 N–H and O–H groups in total. The zero-order valence-electron chi connectivity index (χ0n) is 11.0. The summed E-state index contributed by atoms with van der Waals surface area (Å²) >= 11 is 0. The van der Waals surface area contributed by atoms with Gasteiger partial charge in [-0.3, -0.25) is 4.90 Å². The Morgan fingerprint density at radius 1 is 1.35 bits per heavy atom. The third-order valence-electron chi connectivity index (χ3n) is 3.54. The molecule has 0 aliphatic carbocycles. The molecule has 17 heavy (non-hydrogen) atoms. The summed E-state index contributed by atoms with van der Waals surface area (Å²) in [6.07, 6.45) is 7.18. The van der Waals surface area contributed by atoms with Gasteiger partial charge < -0.3 is 4.52 Å². The van der Waals surface area contributed by atoms with E-state index in [-0.39, 0.29) is 0 Å². The van der Waals surface area contributed by atoms with E-state index >= 15 is 0 Å². The molecule has 2 rings (SSSR count). The van der Waals surface area contributed by atoms with Gasteiger partial charge in [-0.2, -0.15) is 4.98 Å². The van der Waals surface area contributed by atoms with Gasteiger partial charge in [0.15, 0.2) is 5.82 Å². The second kappa shape index (κ2) is 6.15. The first-order valence-corrected chi connectivity index (χ1v) is 6.89. The van der Waals surface area contributed by atoms with Crippen LogP contribution in [0.15, 0.2) is 4.52 Å². The van der Waals surface area contributed by atoms with Gasteiger partial charge in [0.1, 0.15) is 0 Å². The average Bonchev–Trinajstić information content (AvgIpc) is 2.78. The van der Waals surface area contributed by atoms with Crippen LogP contribution < -0.4 is 0 Å². The van der Waals surface area contributed by atoms with Crippen LogP contribution >= 0.6 is 0 Å². The van der Waals surface area contributed by atoms with Gasteiger partial charge >= 0.3 is 0 Å². The predicted molar refractivity (Wildman–Crippen MR) is 66.6 cm³/mol. The van der Waals surface area contributed by atoms with E-state index in [0.717, 1.165) is 31.1 Å². The summed E-state index contributed by atoms with van der Waals surface area (Å²) < 4.78 is 5.31. The van der Waals surface area contributed by atoms with Gasteiger partial charge in [0.25, 0.3) is 0 Å². The lowest BCUT2D eigenvalue weighted by Crippen LogP contribution is -2.38. The number of rotatable bonds is 5. The van der Waals surface area contributed by atoms with Gasteiger partial charge in [-0.15, -0.1) is 0 Å². The van der Waals surface area contributed by atoms with Crippen molar-refractivity contribution in [1.82, 2.24) is 15.0 Å². The van der Waals surface area contributed by atoms with Crippen molar-refractivity contribution in [3.8, 4) is 0 Å². The summed E-state index contributed by atoms with van der Waals surface area (Å²) in [6, 6.07) is 0.699. The minimum atomic E-state index is 0.699. The van der Waals surface area contributed by atoms with E-state index in [4.69, 9.17) is 4.52 Å². The Morgan fingerprint density at radius 3 is 3.00 bits per heavy atom. The molecule has 1 saturated heterocycles. The van der Waals surface area contributed by atoms with Gasteiger partial charge in [0, 0.05) is 12.5 Å².